The molecule has 26 heavy (non-hydrogen) atoms. The maximum atomic E-state index is 6.69. The van der Waals surface area contributed by atoms with Gasteiger partial charge in [-0.05, 0) is 47.0 Å². The minimum absolute atomic E-state index is 0.230. The van der Waals surface area contributed by atoms with E-state index in [4.69, 9.17) is 9.16 Å². The summed E-state index contributed by atoms with van der Waals surface area (Å²) in [4.78, 5) is 0. The monoisotopic (exact) mass is 374 g/mol. The molecule has 0 N–H and O–H groups in total. The van der Waals surface area contributed by atoms with Gasteiger partial charge in [0.05, 0.1) is 19.3 Å². The highest BCUT2D eigenvalue weighted by molar-refractivity contribution is 6.74. The third kappa shape index (κ3) is 5.55. The van der Waals surface area contributed by atoms with Crippen LogP contribution in [0.2, 0.25) is 18.1 Å². The highest BCUT2D eigenvalue weighted by Crippen LogP contribution is 2.44. The molecule has 0 fully saturated rings. The standard InChI is InChI=1S/C23H38O2Si/c1-22(2,3)21-15-20(25-26(7,8)23(4,5)6)14-19(21)17-24-16-18-12-10-9-11-13-18/h9-14,20-21H,15-17H2,1-8H3/t20-,21+/m1/s1. The molecule has 1 aromatic carbocycles. The maximum Gasteiger partial charge on any atom is 0.192 e. The lowest BCUT2D eigenvalue weighted by Gasteiger charge is -2.38. The van der Waals surface area contributed by atoms with E-state index in [9.17, 15) is 0 Å². The molecule has 0 saturated carbocycles. The molecule has 0 saturated heterocycles. The number of ether oxygens (including phenoxy) is 1. The van der Waals surface area contributed by atoms with Gasteiger partial charge in [0.2, 0.25) is 0 Å². The molecule has 2 atom stereocenters. The van der Waals surface area contributed by atoms with E-state index < -0.39 is 8.32 Å². The first-order chi connectivity index (χ1) is 11.9. The molecule has 0 amide bonds. The second-order valence-corrected chi connectivity index (χ2v) is 15.0. The van der Waals surface area contributed by atoms with Gasteiger partial charge in [-0.15, -0.1) is 0 Å². The van der Waals surface area contributed by atoms with E-state index in [-0.39, 0.29) is 16.6 Å². The molecule has 0 heterocycles. The van der Waals surface area contributed by atoms with Crippen molar-refractivity contribution in [3.63, 3.8) is 0 Å². The Bertz CT molecular complexity index is 605. The van der Waals surface area contributed by atoms with Crippen molar-refractivity contribution in [3.05, 3.63) is 47.5 Å². The Kier molecular flexibility index (Phi) is 6.58. The average molecular weight is 375 g/mol. The summed E-state index contributed by atoms with van der Waals surface area (Å²) in [6, 6.07) is 10.4. The van der Waals surface area contributed by atoms with Crippen molar-refractivity contribution < 1.29 is 9.16 Å². The summed E-state index contributed by atoms with van der Waals surface area (Å²) < 4.78 is 12.8. The van der Waals surface area contributed by atoms with Gasteiger partial charge in [-0.1, -0.05) is 78.0 Å². The highest BCUT2D eigenvalue weighted by atomic mass is 28.4. The van der Waals surface area contributed by atoms with Crippen LogP contribution in [-0.4, -0.2) is 21.0 Å². The van der Waals surface area contributed by atoms with Crippen LogP contribution in [0.3, 0.4) is 0 Å². The molecule has 0 unspecified atom stereocenters. The van der Waals surface area contributed by atoms with Gasteiger partial charge in [0.25, 0.3) is 0 Å². The Hall–Kier alpha value is -0.903. The molecule has 2 nitrogen and oxygen atoms in total. The van der Waals surface area contributed by atoms with E-state index >= 15 is 0 Å². The zero-order chi connectivity index (χ0) is 19.6. The van der Waals surface area contributed by atoms with Gasteiger partial charge in [-0.3, -0.25) is 0 Å². The van der Waals surface area contributed by atoms with Crippen LogP contribution in [0, 0.1) is 11.3 Å². The summed E-state index contributed by atoms with van der Waals surface area (Å²) in [5, 5.41) is 0.241. The second kappa shape index (κ2) is 8.00. The van der Waals surface area contributed by atoms with E-state index in [1.807, 2.05) is 6.07 Å². The molecule has 0 bridgehead atoms. The average Bonchev–Trinajstić information content (AvgIpc) is 2.89. The summed E-state index contributed by atoms with van der Waals surface area (Å²) >= 11 is 0. The fourth-order valence-electron chi connectivity index (χ4n) is 3.36. The van der Waals surface area contributed by atoms with Gasteiger partial charge in [-0.2, -0.15) is 0 Å². The first-order valence-electron chi connectivity index (χ1n) is 9.90. The first kappa shape index (κ1) is 21.4. The van der Waals surface area contributed by atoms with Crippen LogP contribution < -0.4 is 0 Å². The molecule has 0 spiro atoms. The molecular formula is C23H38O2Si. The summed E-state index contributed by atoms with van der Waals surface area (Å²) in [6.45, 7) is 20.0. The molecule has 0 aliphatic heterocycles. The van der Waals surface area contributed by atoms with Crippen LogP contribution in [0.5, 0.6) is 0 Å². The van der Waals surface area contributed by atoms with E-state index in [1.165, 1.54) is 11.1 Å². The van der Waals surface area contributed by atoms with Gasteiger partial charge in [-0.25, -0.2) is 0 Å². The van der Waals surface area contributed by atoms with E-state index in [2.05, 4.69) is 85.0 Å². The molecule has 0 radical (unpaired) electrons. The SMILES string of the molecule is CC(C)(C)[C@H]1C[C@H](O[Si](C)(C)C(C)(C)C)C=C1COCc1ccccc1. The van der Waals surface area contributed by atoms with Gasteiger partial charge in [0.15, 0.2) is 8.32 Å². The molecule has 3 heteroatoms. The van der Waals surface area contributed by atoms with Crippen molar-refractivity contribution in [3.8, 4) is 0 Å². The van der Waals surface area contributed by atoms with Crippen molar-refractivity contribution in [2.75, 3.05) is 6.61 Å². The van der Waals surface area contributed by atoms with Crippen molar-refractivity contribution in [2.45, 2.75) is 78.8 Å². The Morgan fingerprint density at radius 2 is 1.58 bits per heavy atom. The van der Waals surface area contributed by atoms with Crippen molar-refractivity contribution in [1.82, 2.24) is 0 Å². The first-order valence-corrected chi connectivity index (χ1v) is 12.8. The predicted molar refractivity (Wildman–Crippen MR) is 114 cm³/mol. The minimum Gasteiger partial charge on any atom is -0.411 e. The quantitative estimate of drug-likeness (QED) is 0.413. The van der Waals surface area contributed by atoms with Crippen LogP contribution >= 0.6 is 0 Å². The van der Waals surface area contributed by atoms with Gasteiger partial charge in [0, 0.05) is 0 Å². The molecule has 1 aromatic rings. The Morgan fingerprint density at radius 3 is 2.12 bits per heavy atom. The number of hydrogen-bond acceptors (Lipinski definition) is 2. The zero-order valence-electron chi connectivity index (χ0n) is 18.1. The predicted octanol–water partition coefficient (Wildman–Crippen LogP) is 6.59. The molecule has 1 aliphatic rings. The number of rotatable bonds is 6. The molecule has 1 aliphatic carbocycles. The largest absolute Gasteiger partial charge is 0.411 e. The van der Waals surface area contributed by atoms with E-state index in [0.29, 0.717) is 19.1 Å². The van der Waals surface area contributed by atoms with Crippen LogP contribution in [0.15, 0.2) is 42.0 Å². The van der Waals surface area contributed by atoms with Crippen LogP contribution in [0.4, 0.5) is 0 Å². The van der Waals surface area contributed by atoms with Gasteiger partial charge >= 0.3 is 0 Å². The minimum atomic E-state index is -1.76. The summed E-state index contributed by atoms with van der Waals surface area (Å²) in [5.41, 5.74) is 2.87. The molecule has 0 aromatic heterocycles. The summed E-state index contributed by atoms with van der Waals surface area (Å²) in [7, 11) is -1.76. The third-order valence-corrected chi connectivity index (χ3v) is 10.5. The lowest BCUT2D eigenvalue weighted by molar-refractivity contribution is 0.123. The van der Waals surface area contributed by atoms with E-state index in [0.717, 1.165) is 6.42 Å². The fourth-order valence-corrected chi connectivity index (χ4v) is 4.64. The summed E-state index contributed by atoms with van der Waals surface area (Å²) in [5.74, 6) is 0.521. The van der Waals surface area contributed by atoms with Crippen molar-refractivity contribution in [2.24, 2.45) is 11.3 Å². The lowest BCUT2D eigenvalue weighted by Crippen LogP contribution is -2.43. The number of benzene rings is 1. The highest BCUT2D eigenvalue weighted by Gasteiger charge is 2.42. The Morgan fingerprint density at radius 1 is 0.962 bits per heavy atom. The lowest BCUT2D eigenvalue weighted by atomic mass is 9.77. The third-order valence-electron chi connectivity index (χ3n) is 5.99. The summed E-state index contributed by atoms with van der Waals surface area (Å²) in [6.07, 6.45) is 3.68. The zero-order valence-corrected chi connectivity index (χ0v) is 19.1. The molecule has 146 valence electrons. The van der Waals surface area contributed by atoms with Crippen molar-refractivity contribution in [1.29, 1.82) is 0 Å². The smallest absolute Gasteiger partial charge is 0.192 e. The molecular weight excluding hydrogens is 336 g/mol. The molecule has 2 rings (SSSR count). The normalized spacial score (nSPS) is 21.8. The Balaban J connectivity index is 2.04. The number of hydrogen-bond donors (Lipinski definition) is 0. The fraction of sp³-hybridized carbons (Fsp3) is 0.652. The van der Waals surface area contributed by atoms with Crippen molar-refractivity contribution >= 4 is 8.32 Å². The van der Waals surface area contributed by atoms with Crippen LogP contribution in [0.1, 0.15) is 53.5 Å². The van der Waals surface area contributed by atoms with E-state index in [1.54, 1.807) is 0 Å². The van der Waals surface area contributed by atoms with Gasteiger partial charge in [0.1, 0.15) is 0 Å². The Labute approximate surface area is 162 Å². The second-order valence-electron chi connectivity index (χ2n) is 10.3. The van der Waals surface area contributed by atoms with Crippen LogP contribution in [0.25, 0.3) is 0 Å². The van der Waals surface area contributed by atoms with Gasteiger partial charge < -0.3 is 9.16 Å². The topological polar surface area (TPSA) is 18.5 Å². The van der Waals surface area contributed by atoms with Crippen LogP contribution in [-0.2, 0) is 15.8 Å². The maximum absolute atomic E-state index is 6.69.